The molecule has 1 aromatic rings. The molecule has 0 unspecified atom stereocenters. The average Bonchev–Trinajstić information content (AvgIpc) is 2.18. The molecule has 2 rings (SSSR count). The molecule has 1 aromatic carbocycles. The summed E-state index contributed by atoms with van der Waals surface area (Å²) < 4.78 is 38.2. The van der Waals surface area contributed by atoms with Gasteiger partial charge in [-0.15, -0.1) is 0 Å². The van der Waals surface area contributed by atoms with E-state index in [1.807, 2.05) is 0 Å². The third kappa shape index (κ3) is 1.97. The highest BCUT2D eigenvalue weighted by molar-refractivity contribution is 7.90. The molecule has 0 saturated heterocycles. The molecular weight excluding hydrogens is 237 g/mol. The van der Waals surface area contributed by atoms with Crippen molar-refractivity contribution in [2.24, 2.45) is 4.99 Å². The van der Waals surface area contributed by atoms with Gasteiger partial charge in [-0.25, -0.2) is 17.5 Å². The molecule has 0 fully saturated rings. The van der Waals surface area contributed by atoms with Crippen molar-refractivity contribution in [3.63, 3.8) is 0 Å². The first-order chi connectivity index (χ1) is 7.03. The Morgan fingerprint density at radius 2 is 2.06 bits per heavy atom. The number of aliphatic imine (C=N–C) groups is 1. The monoisotopic (exact) mass is 247 g/mol. The lowest BCUT2D eigenvalue weighted by Gasteiger charge is -2.20. The van der Waals surface area contributed by atoms with E-state index >= 15 is 0 Å². The summed E-state index contributed by atoms with van der Waals surface area (Å²) in [5.74, 6) is -0.480. The Morgan fingerprint density at radius 3 is 2.69 bits per heavy atom. The molecule has 0 bridgehead atoms. The maximum atomic E-state index is 12.9. The second kappa shape index (κ2) is 4.06. The Bertz CT molecular complexity index is 541. The predicted molar refractivity (Wildman–Crippen MR) is 57.3 cm³/mol. The molecular formula is C8H10FN3O3S. The number of hydrogen-bond acceptors (Lipinski definition) is 3. The molecule has 8 heteroatoms. The molecule has 16 heavy (non-hydrogen) atoms. The Kier molecular flexibility index (Phi) is 3.15. The summed E-state index contributed by atoms with van der Waals surface area (Å²) in [4.78, 5) is 3.57. The van der Waals surface area contributed by atoms with Gasteiger partial charge in [0, 0.05) is 7.05 Å². The number of nitrogens with zero attached hydrogens (tertiary/aromatic N) is 1. The van der Waals surface area contributed by atoms with Crippen molar-refractivity contribution in [1.82, 2.24) is 4.72 Å². The summed E-state index contributed by atoms with van der Waals surface area (Å²) in [7, 11) is -2.27. The van der Waals surface area contributed by atoms with E-state index < -0.39 is 15.8 Å². The van der Waals surface area contributed by atoms with E-state index in [1.165, 1.54) is 19.2 Å². The number of halogens is 1. The van der Waals surface area contributed by atoms with E-state index in [4.69, 9.17) is 0 Å². The van der Waals surface area contributed by atoms with E-state index in [1.54, 1.807) is 0 Å². The van der Waals surface area contributed by atoms with E-state index in [0.29, 0.717) is 5.69 Å². The average molecular weight is 247 g/mol. The molecule has 0 atom stereocenters. The quantitative estimate of drug-likeness (QED) is 0.657. The number of hydrogen-bond donors (Lipinski definition) is 2. The Morgan fingerprint density at radius 1 is 1.38 bits per heavy atom. The first-order valence-electron chi connectivity index (χ1n) is 4.09. The highest BCUT2D eigenvalue weighted by Gasteiger charge is 2.26. The molecule has 0 aromatic heterocycles. The van der Waals surface area contributed by atoms with E-state index in [9.17, 15) is 12.8 Å². The topological polar surface area (TPSA) is 102 Å². The Labute approximate surface area is 91.6 Å². The lowest BCUT2D eigenvalue weighted by molar-refractivity contribution is 0.587. The number of rotatable bonds is 0. The minimum atomic E-state index is -3.71. The molecule has 4 N–H and O–H groups in total. The lowest BCUT2D eigenvalue weighted by atomic mass is 10.3. The van der Waals surface area contributed by atoms with E-state index in [0.717, 1.165) is 6.07 Å². The summed E-state index contributed by atoms with van der Waals surface area (Å²) in [6.07, 6.45) is 0. The fourth-order valence-corrected chi connectivity index (χ4v) is 2.44. The summed E-state index contributed by atoms with van der Waals surface area (Å²) in [6.45, 7) is 0. The third-order valence-electron chi connectivity index (χ3n) is 1.94. The maximum absolute atomic E-state index is 12.9. The van der Waals surface area contributed by atoms with Crippen molar-refractivity contribution in [3.05, 3.63) is 24.0 Å². The zero-order chi connectivity index (χ0) is 11.1. The molecule has 0 aliphatic carbocycles. The van der Waals surface area contributed by atoms with Gasteiger partial charge in [-0.3, -0.25) is 4.99 Å². The molecule has 6 nitrogen and oxygen atoms in total. The molecule has 0 spiro atoms. The molecule has 1 aliphatic rings. The van der Waals surface area contributed by atoms with Gasteiger partial charge in [-0.2, -0.15) is 0 Å². The minimum absolute atomic E-state index is 0. The highest BCUT2D eigenvalue weighted by atomic mass is 32.2. The number of benzene rings is 1. The summed E-state index contributed by atoms with van der Waals surface area (Å²) in [5.41, 5.74) is 0.316. The van der Waals surface area contributed by atoms with Crippen LogP contribution in [-0.2, 0) is 10.0 Å². The molecule has 0 amide bonds. The van der Waals surface area contributed by atoms with E-state index in [2.05, 4.69) is 15.0 Å². The van der Waals surface area contributed by atoms with Gasteiger partial charge in [-0.05, 0) is 18.2 Å². The Balaban J connectivity index is 0.00000128. The number of anilines is 1. The maximum Gasteiger partial charge on any atom is 0.266 e. The van der Waals surface area contributed by atoms with Crippen molar-refractivity contribution in [2.75, 3.05) is 12.4 Å². The second-order valence-electron chi connectivity index (χ2n) is 2.94. The SMILES string of the molecule is CN=C1Nc2ccc(F)cc2S(=O)(=O)N1.O. The van der Waals surface area contributed by atoms with Crippen molar-refractivity contribution in [2.45, 2.75) is 4.90 Å². The first kappa shape index (κ1) is 12.4. The number of sulfonamides is 1. The summed E-state index contributed by atoms with van der Waals surface area (Å²) in [5, 5.41) is 2.72. The molecule has 1 aliphatic heterocycles. The molecule has 1 heterocycles. The number of fused-ring (bicyclic) bond motifs is 1. The van der Waals surface area contributed by atoms with Crippen LogP contribution in [0.25, 0.3) is 0 Å². The number of guanidine groups is 1. The number of nitrogens with one attached hydrogen (secondary N) is 2. The van der Waals surface area contributed by atoms with Gasteiger partial charge in [0.25, 0.3) is 10.0 Å². The molecule has 0 radical (unpaired) electrons. The predicted octanol–water partition coefficient (Wildman–Crippen LogP) is -0.309. The Hall–Kier alpha value is -1.67. The van der Waals surface area contributed by atoms with Crippen LogP contribution < -0.4 is 10.0 Å². The first-order valence-corrected chi connectivity index (χ1v) is 5.57. The highest BCUT2D eigenvalue weighted by Crippen LogP contribution is 2.24. The third-order valence-corrected chi connectivity index (χ3v) is 3.32. The zero-order valence-corrected chi connectivity index (χ0v) is 9.10. The normalized spacial score (nSPS) is 19.0. The fraction of sp³-hybridized carbons (Fsp3) is 0.125. The smallest absolute Gasteiger partial charge is 0.266 e. The van der Waals surface area contributed by atoms with Crippen molar-refractivity contribution in [3.8, 4) is 0 Å². The van der Waals surface area contributed by atoms with Gasteiger partial charge >= 0.3 is 0 Å². The minimum Gasteiger partial charge on any atom is -0.412 e. The van der Waals surface area contributed by atoms with E-state index in [-0.39, 0.29) is 16.3 Å². The van der Waals surface area contributed by atoms with Gasteiger partial charge in [0.15, 0.2) is 0 Å². The van der Waals surface area contributed by atoms with Crippen LogP contribution in [0.15, 0.2) is 28.1 Å². The lowest BCUT2D eigenvalue weighted by Crippen LogP contribution is -2.40. The van der Waals surface area contributed by atoms with Crippen LogP contribution in [0.5, 0.6) is 0 Å². The molecule has 0 saturated carbocycles. The van der Waals surface area contributed by atoms with Crippen molar-refractivity contribution >= 4 is 21.7 Å². The fourth-order valence-electron chi connectivity index (χ4n) is 1.26. The van der Waals surface area contributed by atoms with Gasteiger partial charge < -0.3 is 10.8 Å². The van der Waals surface area contributed by atoms with Crippen LogP contribution in [0.3, 0.4) is 0 Å². The van der Waals surface area contributed by atoms with Gasteiger partial charge in [0.2, 0.25) is 5.96 Å². The van der Waals surface area contributed by atoms with Crippen LogP contribution in [0, 0.1) is 5.82 Å². The van der Waals surface area contributed by atoms with Crippen LogP contribution in [0.4, 0.5) is 10.1 Å². The van der Waals surface area contributed by atoms with Crippen molar-refractivity contribution in [1.29, 1.82) is 0 Å². The summed E-state index contributed by atoms with van der Waals surface area (Å²) >= 11 is 0. The van der Waals surface area contributed by atoms with Crippen LogP contribution in [0.2, 0.25) is 0 Å². The second-order valence-corrected chi connectivity index (χ2v) is 4.59. The standard InChI is InChI=1S/C8H8FN3O2S.H2O/c1-10-8-11-6-3-2-5(9)4-7(6)15(13,14)12-8;/h2-4H,1H3,(H2,10,11,12);1H2. The van der Waals surface area contributed by atoms with Gasteiger partial charge in [0.1, 0.15) is 10.7 Å². The summed E-state index contributed by atoms with van der Waals surface area (Å²) in [6, 6.07) is 3.49. The van der Waals surface area contributed by atoms with Crippen LogP contribution >= 0.6 is 0 Å². The van der Waals surface area contributed by atoms with Gasteiger partial charge in [-0.1, -0.05) is 0 Å². The molecule has 88 valence electrons. The van der Waals surface area contributed by atoms with Crippen LogP contribution in [-0.4, -0.2) is 26.9 Å². The zero-order valence-electron chi connectivity index (χ0n) is 8.28. The van der Waals surface area contributed by atoms with Crippen molar-refractivity contribution < 1.29 is 18.3 Å². The van der Waals surface area contributed by atoms with Crippen LogP contribution in [0.1, 0.15) is 0 Å². The largest absolute Gasteiger partial charge is 0.412 e. The van der Waals surface area contributed by atoms with Gasteiger partial charge in [0.05, 0.1) is 5.69 Å².